The Morgan fingerprint density at radius 3 is 2.50 bits per heavy atom. The molecule has 0 bridgehead atoms. The summed E-state index contributed by atoms with van der Waals surface area (Å²) in [5.41, 5.74) is 2.21. The van der Waals surface area contributed by atoms with Crippen LogP contribution in [-0.4, -0.2) is 55.3 Å². The number of rotatable bonds is 4. The molecular weight excluding hydrogens is 380 g/mol. The summed E-state index contributed by atoms with van der Waals surface area (Å²) in [6, 6.07) is 15.0. The van der Waals surface area contributed by atoms with E-state index in [0.29, 0.717) is 31.1 Å². The van der Waals surface area contributed by atoms with Crippen LogP contribution in [0.25, 0.3) is 11.0 Å². The normalized spacial score (nSPS) is 18.5. The van der Waals surface area contributed by atoms with Gasteiger partial charge in [0.15, 0.2) is 11.6 Å². The Morgan fingerprint density at radius 2 is 1.80 bits per heavy atom. The molecule has 1 amide bonds. The lowest BCUT2D eigenvalue weighted by Gasteiger charge is -2.33. The molecule has 2 aliphatic heterocycles. The second-order valence-corrected chi connectivity index (χ2v) is 7.71. The molecule has 1 unspecified atom stereocenters. The number of para-hydroxylation sites is 2. The number of carbonyl (C=O) groups excluding carboxylic acids is 1. The zero-order valence-corrected chi connectivity index (χ0v) is 17.0. The molecule has 0 spiro atoms. The Bertz CT molecular complexity index is 1060. The molecule has 0 aliphatic carbocycles. The lowest BCUT2D eigenvalue weighted by Crippen LogP contribution is -2.43. The highest BCUT2D eigenvalue weighted by Gasteiger charge is 2.29. The minimum absolute atomic E-state index is 0.0837. The van der Waals surface area contributed by atoms with E-state index in [9.17, 15) is 4.79 Å². The molecule has 1 atom stereocenters. The number of amides is 1. The van der Waals surface area contributed by atoms with E-state index in [2.05, 4.69) is 0 Å². The maximum absolute atomic E-state index is 13.3. The Balaban J connectivity index is 1.37. The topological polar surface area (TPSA) is 67.8 Å². The maximum atomic E-state index is 13.3. The number of likely N-dealkylation sites (N-methyl/N-ethyl adjacent to an activating group) is 1. The predicted molar refractivity (Wildman–Crippen MR) is 115 cm³/mol. The van der Waals surface area contributed by atoms with E-state index < -0.39 is 0 Å². The van der Waals surface area contributed by atoms with Crippen LogP contribution in [0.15, 0.2) is 48.5 Å². The summed E-state index contributed by atoms with van der Waals surface area (Å²) < 4.78 is 11.4. The number of benzene rings is 2. The van der Waals surface area contributed by atoms with Gasteiger partial charge < -0.3 is 14.4 Å². The molecule has 0 N–H and O–H groups in total. The van der Waals surface area contributed by atoms with Gasteiger partial charge in [0.05, 0.1) is 17.1 Å². The van der Waals surface area contributed by atoms with Crippen molar-refractivity contribution in [3.63, 3.8) is 0 Å². The zero-order chi connectivity index (χ0) is 20.5. The summed E-state index contributed by atoms with van der Waals surface area (Å²) in [6.07, 6.45) is 2.29. The molecular formula is C23H24N4O3. The molecule has 7 heteroatoms. The zero-order valence-electron chi connectivity index (χ0n) is 17.0. The Labute approximate surface area is 175 Å². The Kier molecular flexibility index (Phi) is 4.96. The smallest absolute Gasteiger partial charge is 0.259 e. The van der Waals surface area contributed by atoms with Gasteiger partial charge in [-0.2, -0.15) is 0 Å². The lowest BCUT2D eigenvalue weighted by molar-refractivity contribution is 0.0679. The van der Waals surface area contributed by atoms with Gasteiger partial charge in [0.1, 0.15) is 12.4 Å². The van der Waals surface area contributed by atoms with Crippen LogP contribution in [0.3, 0.4) is 0 Å². The number of aromatic nitrogens is 2. The molecule has 2 aliphatic rings. The van der Waals surface area contributed by atoms with Crippen molar-refractivity contribution in [2.24, 2.45) is 0 Å². The standard InChI is InChI=1S/C23H24N4O3/c1-26-12-13-27(22-21(26)24-19-6-2-3-7-20(19)25-22)23(28)16-8-10-17(11-9-16)30-15-18-5-4-14-29-18/h2-3,6-11,18H,4-5,12-15H2,1H3. The van der Waals surface area contributed by atoms with Crippen molar-refractivity contribution in [3.05, 3.63) is 54.1 Å². The fraction of sp³-hybridized carbons (Fsp3) is 0.348. The van der Waals surface area contributed by atoms with E-state index in [-0.39, 0.29) is 12.0 Å². The van der Waals surface area contributed by atoms with Crippen molar-refractivity contribution in [2.45, 2.75) is 18.9 Å². The summed E-state index contributed by atoms with van der Waals surface area (Å²) >= 11 is 0. The van der Waals surface area contributed by atoms with Gasteiger partial charge in [0.2, 0.25) is 0 Å². The minimum atomic E-state index is -0.0837. The number of nitrogens with zero attached hydrogens (tertiary/aromatic N) is 4. The highest BCUT2D eigenvalue weighted by molar-refractivity contribution is 6.08. The molecule has 0 radical (unpaired) electrons. The second kappa shape index (κ2) is 7.91. The van der Waals surface area contributed by atoms with E-state index in [1.165, 1.54) is 0 Å². The lowest BCUT2D eigenvalue weighted by atomic mass is 10.1. The van der Waals surface area contributed by atoms with Crippen LogP contribution in [0, 0.1) is 0 Å². The average Bonchev–Trinajstić information content (AvgIpc) is 3.31. The largest absolute Gasteiger partial charge is 0.491 e. The maximum Gasteiger partial charge on any atom is 0.259 e. The number of carbonyl (C=O) groups is 1. The summed E-state index contributed by atoms with van der Waals surface area (Å²) in [7, 11) is 1.98. The second-order valence-electron chi connectivity index (χ2n) is 7.71. The van der Waals surface area contributed by atoms with Gasteiger partial charge in [-0.25, -0.2) is 9.97 Å². The Morgan fingerprint density at radius 1 is 1.07 bits per heavy atom. The summed E-state index contributed by atoms with van der Waals surface area (Å²) in [5.74, 6) is 1.99. The van der Waals surface area contributed by atoms with Crippen LogP contribution in [-0.2, 0) is 4.74 Å². The van der Waals surface area contributed by atoms with Crippen LogP contribution < -0.4 is 14.5 Å². The first-order valence-electron chi connectivity index (χ1n) is 10.3. The van der Waals surface area contributed by atoms with E-state index >= 15 is 0 Å². The van der Waals surface area contributed by atoms with Crippen LogP contribution in [0.2, 0.25) is 0 Å². The van der Waals surface area contributed by atoms with Gasteiger partial charge in [0.25, 0.3) is 5.91 Å². The minimum Gasteiger partial charge on any atom is -0.491 e. The summed E-state index contributed by atoms with van der Waals surface area (Å²) in [4.78, 5) is 26.5. The number of hydrogen-bond donors (Lipinski definition) is 0. The number of hydrogen-bond acceptors (Lipinski definition) is 6. The number of ether oxygens (including phenoxy) is 2. The molecule has 30 heavy (non-hydrogen) atoms. The molecule has 1 aromatic heterocycles. The molecule has 1 fully saturated rings. The van der Waals surface area contributed by atoms with Crippen molar-refractivity contribution in [1.82, 2.24) is 9.97 Å². The van der Waals surface area contributed by atoms with Gasteiger partial charge in [-0.15, -0.1) is 0 Å². The molecule has 2 aromatic carbocycles. The molecule has 154 valence electrons. The van der Waals surface area contributed by atoms with Gasteiger partial charge in [0, 0.05) is 32.3 Å². The summed E-state index contributed by atoms with van der Waals surface area (Å²) in [5, 5.41) is 0. The molecule has 3 heterocycles. The first-order valence-corrected chi connectivity index (χ1v) is 10.3. The molecule has 1 saturated heterocycles. The van der Waals surface area contributed by atoms with Crippen LogP contribution >= 0.6 is 0 Å². The fourth-order valence-corrected chi connectivity index (χ4v) is 3.89. The van der Waals surface area contributed by atoms with Crippen LogP contribution in [0.5, 0.6) is 5.75 Å². The molecule has 3 aromatic rings. The van der Waals surface area contributed by atoms with E-state index in [0.717, 1.165) is 42.0 Å². The van der Waals surface area contributed by atoms with Crippen LogP contribution in [0.1, 0.15) is 23.2 Å². The average molecular weight is 404 g/mol. The summed E-state index contributed by atoms with van der Waals surface area (Å²) in [6.45, 7) is 2.62. The van der Waals surface area contributed by atoms with Crippen molar-refractivity contribution in [2.75, 3.05) is 43.2 Å². The van der Waals surface area contributed by atoms with Crippen molar-refractivity contribution in [1.29, 1.82) is 0 Å². The molecule has 7 nitrogen and oxygen atoms in total. The predicted octanol–water partition coefficient (Wildman–Crippen LogP) is 3.28. The van der Waals surface area contributed by atoms with Gasteiger partial charge in [-0.05, 0) is 49.2 Å². The van der Waals surface area contributed by atoms with E-state index in [4.69, 9.17) is 19.4 Å². The first-order chi connectivity index (χ1) is 14.7. The highest BCUT2D eigenvalue weighted by Crippen LogP contribution is 2.31. The third-order valence-electron chi connectivity index (χ3n) is 5.62. The van der Waals surface area contributed by atoms with Crippen molar-refractivity contribution >= 4 is 28.6 Å². The van der Waals surface area contributed by atoms with Gasteiger partial charge in [-0.3, -0.25) is 9.69 Å². The van der Waals surface area contributed by atoms with Crippen molar-refractivity contribution < 1.29 is 14.3 Å². The van der Waals surface area contributed by atoms with Gasteiger partial charge >= 0.3 is 0 Å². The van der Waals surface area contributed by atoms with Crippen molar-refractivity contribution in [3.8, 4) is 5.75 Å². The molecule has 5 rings (SSSR count). The first kappa shape index (κ1) is 18.8. The number of anilines is 2. The highest BCUT2D eigenvalue weighted by atomic mass is 16.5. The third kappa shape index (κ3) is 3.57. The SMILES string of the molecule is CN1CCN(C(=O)c2ccc(OCC3CCCO3)cc2)c2nc3ccccc3nc21. The van der Waals surface area contributed by atoms with E-state index in [1.54, 1.807) is 17.0 Å². The fourth-order valence-electron chi connectivity index (χ4n) is 3.89. The van der Waals surface area contributed by atoms with Crippen LogP contribution in [0.4, 0.5) is 11.6 Å². The third-order valence-corrected chi connectivity index (χ3v) is 5.62. The Hall–Kier alpha value is -3.19. The quantitative estimate of drug-likeness (QED) is 0.665. The number of fused-ring (bicyclic) bond motifs is 2. The monoisotopic (exact) mass is 404 g/mol. The van der Waals surface area contributed by atoms with E-state index in [1.807, 2.05) is 48.3 Å². The van der Waals surface area contributed by atoms with Gasteiger partial charge in [-0.1, -0.05) is 12.1 Å². The molecule has 0 saturated carbocycles.